The van der Waals surface area contributed by atoms with E-state index in [0.29, 0.717) is 11.4 Å². The van der Waals surface area contributed by atoms with E-state index in [0.717, 1.165) is 17.5 Å². The van der Waals surface area contributed by atoms with Gasteiger partial charge in [-0.3, -0.25) is 0 Å². The Morgan fingerprint density at radius 3 is 2.62 bits per heavy atom. The van der Waals surface area contributed by atoms with Gasteiger partial charge in [0.2, 0.25) is 0 Å². The molecule has 0 saturated carbocycles. The van der Waals surface area contributed by atoms with Crippen LogP contribution in [0.15, 0.2) is 18.2 Å². The van der Waals surface area contributed by atoms with Crippen molar-refractivity contribution >= 4 is 11.6 Å². The molecule has 0 aliphatic heterocycles. The van der Waals surface area contributed by atoms with Crippen LogP contribution in [0.1, 0.15) is 24.5 Å². The summed E-state index contributed by atoms with van der Waals surface area (Å²) < 4.78 is 5.20. The van der Waals surface area contributed by atoms with Crippen LogP contribution < -0.4 is 0 Å². The molecule has 1 N–H and O–H groups in total. The van der Waals surface area contributed by atoms with Gasteiger partial charge < -0.3 is 9.84 Å². The number of rotatable bonds is 5. The maximum absolute atomic E-state index is 9.97. The highest BCUT2D eigenvalue weighted by Crippen LogP contribution is 2.20. The Morgan fingerprint density at radius 1 is 1.44 bits per heavy atom. The zero-order valence-electron chi connectivity index (χ0n) is 10.0. The van der Waals surface area contributed by atoms with Crippen LogP contribution in [0.2, 0.25) is 5.02 Å². The number of aliphatic hydroxyl groups is 1. The van der Waals surface area contributed by atoms with Gasteiger partial charge >= 0.3 is 0 Å². The summed E-state index contributed by atoms with van der Waals surface area (Å²) in [5, 5.41) is 10.7. The van der Waals surface area contributed by atoms with Gasteiger partial charge in [0.25, 0.3) is 0 Å². The molecule has 1 aromatic rings. The van der Waals surface area contributed by atoms with Crippen molar-refractivity contribution in [3.63, 3.8) is 0 Å². The van der Waals surface area contributed by atoms with E-state index >= 15 is 0 Å². The van der Waals surface area contributed by atoms with Gasteiger partial charge in [-0.25, -0.2) is 0 Å². The van der Waals surface area contributed by atoms with Crippen LogP contribution in [0.4, 0.5) is 0 Å². The number of methoxy groups -OCH3 is 1. The summed E-state index contributed by atoms with van der Waals surface area (Å²) in [5.41, 5.74) is 2.09. The molecule has 0 radical (unpaired) electrons. The van der Waals surface area contributed by atoms with E-state index < -0.39 is 6.10 Å². The van der Waals surface area contributed by atoms with Crippen LogP contribution in [0.5, 0.6) is 0 Å². The molecule has 2 nitrogen and oxygen atoms in total. The molecule has 0 heterocycles. The minimum atomic E-state index is -0.504. The second-order valence-electron chi connectivity index (χ2n) is 4.05. The van der Waals surface area contributed by atoms with Crippen LogP contribution in [0.3, 0.4) is 0 Å². The maximum Gasteiger partial charge on any atom is 0.0842 e. The monoisotopic (exact) mass is 242 g/mol. The fourth-order valence-electron chi connectivity index (χ4n) is 1.77. The molecular weight excluding hydrogens is 224 g/mol. The van der Waals surface area contributed by atoms with E-state index in [-0.39, 0.29) is 6.10 Å². The van der Waals surface area contributed by atoms with E-state index in [2.05, 4.69) is 0 Å². The molecule has 90 valence electrons. The smallest absolute Gasteiger partial charge is 0.0842 e. The zero-order chi connectivity index (χ0) is 12.1. The number of benzene rings is 1. The van der Waals surface area contributed by atoms with Gasteiger partial charge in [0, 0.05) is 18.6 Å². The Hall–Kier alpha value is -0.570. The standard InChI is InChI=1S/C13H19ClO2/c1-4-13(16-3)12(15)8-10-6-5-9(2)7-11(10)14/h5-7,12-13,15H,4,8H2,1-3H3. The van der Waals surface area contributed by atoms with Crippen LogP contribution in [0, 0.1) is 6.92 Å². The summed E-state index contributed by atoms with van der Waals surface area (Å²) in [5.74, 6) is 0. The third kappa shape index (κ3) is 3.48. The first kappa shape index (κ1) is 13.5. The van der Waals surface area contributed by atoms with E-state index in [1.165, 1.54) is 0 Å². The van der Waals surface area contributed by atoms with Gasteiger partial charge in [-0.1, -0.05) is 30.7 Å². The zero-order valence-corrected chi connectivity index (χ0v) is 10.8. The number of hydrogen-bond acceptors (Lipinski definition) is 2. The lowest BCUT2D eigenvalue weighted by atomic mass is 10.0. The molecule has 0 aliphatic carbocycles. The van der Waals surface area contributed by atoms with Crippen molar-refractivity contribution in [2.24, 2.45) is 0 Å². The summed E-state index contributed by atoms with van der Waals surface area (Å²) >= 11 is 6.11. The predicted molar refractivity (Wildman–Crippen MR) is 67.0 cm³/mol. The quantitative estimate of drug-likeness (QED) is 0.860. The summed E-state index contributed by atoms with van der Waals surface area (Å²) in [6.07, 6.45) is 0.694. The van der Waals surface area contributed by atoms with E-state index in [1.54, 1.807) is 7.11 Å². The Bertz CT molecular complexity index is 335. The molecule has 16 heavy (non-hydrogen) atoms. The molecule has 2 unspecified atom stereocenters. The van der Waals surface area contributed by atoms with Gasteiger partial charge in [-0.05, 0) is 30.5 Å². The molecule has 0 aliphatic rings. The Labute approximate surface area is 102 Å². The highest BCUT2D eigenvalue weighted by atomic mass is 35.5. The van der Waals surface area contributed by atoms with E-state index in [1.807, 2.05) is 32.0 Å². The molecule has 0 bridgehead atoms. The number of aliphatic hydroxyl groups excluding tert-OH is 1. The van der Waals surface area contributed by atoms with Crippen molar-refractivity contribution in [2.75, 3.05) is 7.11 Å². The van der Waals surface area contributed by atoms with Gasteiger partial charge in [0.15, 0.2) is 0 Å². The molecule has 2 atom stereocenters. The van der Waals surface area contributed by atoms with Crippen molar-refractivity contribution in [1.82, 2.24) is 0 Å². The Kier molecular flexibility index (Phi) is 5.26. The Balaban J connectivity index is 2.72. The average molecular weight is 243 g/mol. The molecule has 1 aromatic carbocycles. The summed E-state index contributed by atoms with van der Waals surface area (Å²) in [7, 11) is 1.62. The molecule has 1 rings (SSSR count). The number of ether oxygens (including phenoxy) is 1. The predicted octanol–water partition coefficient (Wildman–Crippen LogP) is 2.98. The first-order chi connectivity index (χ1) is 7.58. The van der Waals surface area contributed by atoms with Crippen molar-refractivity contribution in [3.8, 4) is 0 Å². The fraction of sp³-hybridized carbons (Fsp3) is 0.538. The third-order valence-corrected chi connectivity index (χ3v) is 3.12. The molecule has 0 amide bonds. The van der Waals surface area contributed by atoms with Crippen LogP contribution in [-0.4, -0.2) is 24.4 Å². The second kappa shape index (κ2) is 6.24. The summed E-state index contributed by atoms with van der Waals surface area (Å²) in [6, 6.07) is 5.88. The second-order valence-corrected chi connectivity index (χ2v) is 4.46. The van der Waals surface area contributed by atoms with Crippen LogP contribution in [0.25, 0.3) is 0 Å². The average Bonchev–Trinajstić information content (AvgIpc) is 2.24. The van der Waals surface area contributed by atoms with Crippen molar-refractivity contribution in [1.29, 1.82) is 0 Å². The first-order valence-corrected chi connectivity index (χ1v) is 5.92. The molecule has 0 aromatic heterocycles. The van der Waals surface area contributed by atoms with E-state index in [9.17, 15) is 5.11 Å². The van der Waals surface area contributed by atoms with Gasteiger partial charge in [0.1, 0.15) is 0 Å². The molecule has 0 spiro atoms. The van der Waals surface area contributed by atoms with Crippen LogP contribution in [-0.2, 0) is 11.2 Å². The number of aryl methyl sites for hydroxylation is 1. The minimum absolute atomic E-state index is 0.127. The fourth-order valence-corrected chi connectivity index (χ4v) is 2.08. The SMILES string of the molecule is CCC(OC)C(O)Cc1ccc(C)cc1Cl. The summed E-state index contributed by atoms with van der Waals surface area (Å²) in [6.45, 7) is 3.99. The lowest BCUT2D eigenvalue weighted by molar-refractivity contribution is -0.0128. The largest absolute Gasteiger partial charge is 0.390 e. The van der Waals surface area contributed by atoms with Crippen molar-refractivity contribution in [3.05, 3.63) is 34.3 Å². The number of hydrogen-bond donors (Lipinski definition) is 1. The Morgan fingerprint density at radius 2 is 2.12 bits per heavy atom. The summed E-state index contributed by atoms with van der Waals surface area (Å²) in [4.78, 5) is 0. The molecule has 3 heteroatoms. The van der Waals surface area contributed by atoms with Crippen molar-refractivity contribution in [2.45, 2.75) is 38.9 Å². The lowest BCUT2D eigenvalue weighted by Crippen LogP contribution is -2.29. The maximum atomic E-state index is 9.97. The topological polar surface area (TPSA) is 29.5 Å². The van der Waals surface area contributed by atoms with Gasteiger partial charge in [-0.15, -0.1) is 0 Å². The first-order valence-electron chi connectivity index (χ1n) is 5.54. The highest BCUT2D eigenvalue weighted by Gasteiger charge is 2.18. The minimum Gasteiger partial charge on any atom is -0.390 e. The van der Waals surface area contributed by atoms with E-state index in [4.69, 9.17) is 16.3 Å². The van der Waals surface area contributed by atoms with Crippen LogP contribution >= 0.6 is 11.6 Å². The molecular formula is C13H19ClO2. The molecule has 0 saturated heterocycles. The lowest BCUT2D eigenvalue weighted by Gasteiger charge is -2.20. The molecule has 0 fully saturated rings. The highest BCUT2D eigenvalue weighted by molar-refractivity contribution is 6.31. The van der Waals surface area contributed by atoms with Crippen molar-refractivity contribution < 1.29 is 9.84 Å². The third-order valence-electron chi connectivity index (χ3n) is 2.77. The van der Waals surface area contributed by atoms with Gasteiger partial charge in [0.05, 0.1) is 12.2 Å². The normalized spacial score (nSPS) is 14.8. The van der Waals surface area contributed by atoms with Gasteiger partial charge in [-0.2, -0.15) is 0 Å². The number of halogens is 1.